The summed E-state index contributed by atoms with van der Waals surface area (Å²) in [5, 5.41) is 17.1. The van der Waals surface area contributed by atoms with E-state index in [1.165, 1.54) is 0 Å². The molecular weight excluding hydrogens is 270 g/mol. The van der Waals surface area contributed by atoms with Crippen LogP contribution >= 0.6 is 0 Å². The number of nitrogens with one attached hydrogen (secondary N) is 1. The fourth-order valence-corrected chi connectivity index (χ4v) is 2.33. The summed E-state index contributed by atoms with van der Waals surface area (Å²) in [4.78, 5) is 16.5. The van der Waals surface area contributed by atoms with E-state index < -0.39 is 6.10 Å². The predicted octanol–water partition coefficient (Wildman–Crippen LogP) is 1.98. The second kappa shape index (κ2) is 6.22. The lowest BCUT2D eigenvalue weighted by Gasteiger charge is -2.14. The first kappa shape index (κ1) is 15.4. The van der Waals surface area contributed by atoms with E-state index in [1.807, 2.05) is 13.8 Å². The van der Waals surface area contributed by atoms with E-state index in [1.54, 1.807) is 19.9 Å². The summed E-state index contributed by atoms with van der Waals surface area (Å²) in [5.41, 5.74) is 2.16. The summed E-state index contributed by atoms with van der Waals surface area (Å²) in [7, 11) is 0. The van der Waals surface area contributed by atoms with Crippen LogP contribution in [0.2, 0.25) is 0 Å². The highest BCUT2D eigenvalue weighted by atomic mass is 16.5. The van der Waals surface area contributed by atoms with Crippen LogP contribution in [0.4, 0.5) is 0 Å². The van der Waals surface area contributed by atoms with Crippen molar-refractivity contribution in [1.82, 2.24) is 15.5 Å². The summed E-state index contributed by atoms with van der Waals surface area (Å²) >= 11 is 0. The lowest BCUT2D eigenvalue weighted by Crippen LogP contribution is -2.33. The third kappa shape index (κ3) is 3.58. The minimum absolute atomic E-state index is 0.226. The number of pyridine rings is 1. The van der Waals surface area contributed by atoms with Crippen molar-refractivity contribution in [1.29, 1.82) is 0 Å². The Labute approximate surface area is 123 Å². The van der Waals surface area contributed by atoms with Gasteiger partial charge in [-0.15, -0.1) is 0 Å². The predicted molar refractivity (Wildman–Crippen MR) is 79.1 cm³/mol. The highest BCUT2D eigenvalue weighted by molar-refractivity contribution is 6.06. The molecule has 0 spiro atoms. The van der Waals surface area contributed by atoms with Gasteiger partial charge >= 0.3 is 0 Å². The molecule has 6 heteroatoms. The minimum atomic E-state index is -0.545. The van der Waals surface area contributed by atoms with Gasteiger partial charge in [0.05, 0.1) is 22.7 Å². The molecule has 0 aromatic carbocycles. The van der Waals surface area contributed by atoms with Gasteiger partial charge in [0.15, 0.2) is 0 Å². The minimum Gasteiger partial charge on any atom is -0.391 e. The van der Waals surface area contributed by atoms with Crippen LogP contribution in [-0.2, 0) is 0 Å². The Morgan fingerprint density at radius 3 is 2.81 bits per heavy atom. The zero-order valence-corrected chi connectivity index (χ0v) is 12.8. The average molecular weight is 291 g/mol. The van der Waals surface area contributed by atoms with Gasteiger partial charge in [0.25, 0.3) is 11.6 Å². The van der Waals surface area contributed by atoms with E-state index in [4.69, 9.17) is 4.52 Å². The first-order valence-electron chi connectivity index (χ1n) is 7.08. The van der Waals surface area contributed by atoms with Crippen LogP contribution in [0.5, 0.6) is 0 Å². The van der Waals surface area contributed by atoms with Gasteiger partial charge < -0.3 is 14.9 Å². The van der Waals surface area contributed by atoms with Crippen molar-refractivity contribution in [3.05, 3.63) is 23.0 Å². The van der Waals surface area contributed by atoms with Gasteiger partial charge in [-0.25, -0.2) is 4.98 Å². The summed E-state index contributed by atoms with van der Waals surface area (Å²) in [6, 6.07) is 1.71. The highest BCUT2D eigenvalue weighted by Crippen LogP contribution is 2.21. The van der Waals surface area contributed by atoms with Gasteiger partial charge in [-0.05, 0) is 32.3 Å². The van der Waals surface area contributed by atoms with E-state index in [0.717, 1.165) is 0 Å². The molecule has 1 atom stereocenters. The van der Waals surface area contributed by atoms with Gasteiger partial charge in [0, 0.05) is 12.2 Å². The molecule has 114 valence electrons. The van der Waals surface area contributed by atoms with E-state index >= 15 is 0 Å². The summed E-state index contributed by atoms with van der Waals surface area (Å²) in [5.74, 6) is 0.131. The maximum Gasteiger partial charge on any atom is 0.258 e. The lowest BCUT2D eigenvalue weighted by molar-refractivity contribution is 0.0901. The molecule has 0 aliphatic rings. The monoisotopic (exact) mass is 291 g/mol. The van der Waals surface area contributed by atoms with E-state index in [-0.39, 0.29) is 12.5 Å². The summed E-state index contributed by atoms with van der Waals surface area (Å²) in [6.45, 7) is 7.85. The number of fused-ring (bicyclic) bond motifs is 1. The summed E-state index contributed by atoms with van der Waals surface area (Å²) < 4.78 is 5.11. The Morgan fingerprint density at radius 1 is 1.43 bits per heavy atom. The molecule has 0 saturated heterocycles. The number of aliphatic hydroxyl groups is 1. The van der Waals surface area contributed by atoms with Crippen LogP contribution in [0.25, 0.3) is 11.1 Å². The molecule has 0 aliphatic carbocycles. The molecule has 0 bridgehead atoms. The fourth-order valence-electron chi connectivity index (χ4n) is 2.33. The van der Waals surface area contributed by atoms with E-state index in [0.29, 0.717) is 40.4 Å². The molecule has 2 heterocycles. The Hall–Kier alpha value is -1.95. The van der Waals surface area contributed by atoms with E-state index in [2.05, 4.69) is 15.5 Å². The van der Waals surface area contributed by atoms with Gasteiger partial charge in [-0.3, -0.25) is 4.79 Å². The van der Waals surface area contributed by atoms with Crippen molar-refractivity contribution in [2.45, 2.75) is 40.2 Å². The standard InChI is InChI=1S/C15H21N3O3/c1-8(2)5-11(19)7-16-14(20)12-6-9(3)17-15-13(12)10(4)18-21-15/h6,8,11,19H,5,7H2,1-4H3,(H,16,20). The molecule has 2 aromatic heterocycles. The molecule has 2 aromatic rings. The van der Waals surface area contributed by atoms with Crippen LogP contribution < -0.4 is 5.32 Å². The maximum atomic E-state index is 12.3. The second-order valence-electron chi connectivity index (χ2n) is 5.75. The molecule has 0 radical (unpaired) electrons. The number of hydrogen-bond donors (Lipinski definition) is 2. The van der Waals surface area contributed by atoms with Gasteiger partial charge in [-0.1, -0.05) is 19.0 Å². The first-order chi connectivity index (χ1) is 9.88. The molecular formula is C15H21N3O3. The highest BCUT2D eigenvalue weighted by Gasteiger charge is 2.18. The third-order valence-electron chi connectivity index (χ3n) is 3.23. The number of carbonyl (C=O) groups excluding carboxylic acids is 1. The number of nitrogens with zero attached hydrogens (tertiary/aromatic N) is 2. The van der Waals surface area contributed by atoms with E-state index in [9.17, 15) is 9.90 Å². The van der Waals surface area contributed by atoms with Crippen molar-refractivity contribution < 1.29 is 14.4 Å². The van der Waals surface area contributed by atoms with Crippen molar-refractivity contribution >= 4 is 17.0 Å². The van der Waals surface area contributed by atoms with Crippen molar-refractivity contribution in [3.8, 4) is 0 Å². The Bertz CT molecular complexity index is 649. The van der Waals surface area contributed by atoms with Crippen LogP contribution in [0.3, 0.4) is 0 Å². The molecule has 2 rings (SSSR count). The molecule has 0 aliphatic heterocycles. The Morgan fingerprint density at radius 2 is 2.14 bits per heavy atom. The van der Waals surface area contributed by atoms with Crippen LogP contribution in [-0.4, -0.2) is 33.8 Å². The van der Waals surface area contributed by atoms with Crippen molar-refractivity contribution in [2.75, 3.05) is 6.54 Å². The molecule has 0 saturated carbocycles. The maximum absolute atomic E-state index is 12.3. The number of rotatable bonds is 5. The SMILES string of the molecule is Cc1cc(C(=O)NCC(O)CC(C)C)c2c(C)noc2n1. The number of hydrogen-bond acceptors (Lipinski definition) is 5. The molecule has 21 heavy (non-hydrogen) atoms. The van der Waals surface area contributed by atoms with Gasteiger partial charge in [0.1, 0.15) is 0 Å². The molecule has 0 fully saturated rings. The number of amides is 1. The summed E-state index contributed by atoms with van der Waals surface area (Å²) in [6.07, 6.45) is 0.105. The van der Waals surface area contributed by atoms with Gasteiger partial charge in [0.2, 0.25) is 0 Å². The average Bonchev–Trinajstić information content (AvgIpc) is 2.75. The molecule has 6 nitrogen and oxygen atoms in total. The van der Waals surface area contributed by atoms with Crippen molar-refractivity contribution in [3.63, 3.8) is 0 Å². The van der Waals surface area contributed by atoms with Crippen LogP contribution in [0, 0.1) is 19.8 Å². The molecule has 1 unspecified atom stereocenters. The third-order valence-corrected chi connectivity index (χ3v) is 3.23. The zero-order chi connectivity index (χ0) is 15.6. The topological polar surface area (TPSA) is 88.2 Å². The normalized spacial score (nSPS) is 12.9. The number of carbonyl (C=O) groups is 1. The smallest absolute Gasteiger partial charge is 0.258 e. The quantitative estimate of drug-likeness (QED) is 0.879. The Balaban J connectivity index is 2.18. The number of aliphatic hydroxyl groups excluding tert-OH is 1. The van der Waals surface area contributed by atoms with Crippen LogP contribution in [0.1, 0.15) is 42.0 Å². The van der Waals surface area contributed by atoms with Crippen LogP contribution in [0.15, 0.2) is 10.6 Å². The fraction of sp³-hybridized carbons (Fsp3) is 0.533. The molecule has 1 amide bonds. The number of aryl methyl sites for hydroxylation is 2. The largest absolute Gasteiger partial charge is 0.391 e. The van der Waals surface area contributed by atoms with Gasteiger partial charge in [-0.2, -0.15) is 0 Å². The van der Waals surface area contributed by atoms with Crippen molar-refractivity contribution in [2.24, 2.45) is 5.92 Å². The number of aromatic nitrogens is 2. The molecule has 2 N–H and O–H groups in total. The lowest BCUT2D eigenvalue weighted by atomic mass is 10.1. The Kier molecular flexibility index (Phi) is 4.57. The first-order valence-corrected chi connectivity index (χ1v) is 7.08. The second-order valence-corrected chi connectivity index (χ2v) is 5.75. The zero-order valence-electron chi connectivity index (χ0n) is 12.8.